The van der Waals surface area contributed by atoms with Crippen molar-refractivity contribution in [2.75, 3.05) is 7.11 Å². The molecule has 1 heterocycles. The van der Waals surface area contributed by atoms with Gasteiger partial charge >= 0.3 is 0 Å². The van der Waals surface area contributed by atoms with Gasteiger partial charge in [-0.1, -0.05) is 18.5 Å². The Hall–Kier alpha value is -0.210. The second-order valence-corrected chi connectivity index (χ2v) is 3.16. The molecule has 3 heteroatoms. The molecule has 1 nitrogen and oxygen atoms in total. The summed E-state index contributed by atoms with van der Waals surface area (Å²) in [7, 11) is 1.67. The molecule has 0 fully saturated rings. The van der Waals surface area contributed by atoms with Crippen LogP contribution in [0.2, 0.25) is 5.02 Å². The highest BCUT2D eigenvalue weighted by molar-refractivity contribution is 7.12. The predicted molar refractivity (Wildman–Crippen MR) is 45.3 cm³/mol. The maximum atomic E-state index is 5.85. The molecule has 0 N–H and O–H groups in total. The number of halogens is 1. The third kappa shape index (κ3) is 1.27. The van der Waals surface area contributed by atoms with Crippen LogP contribution in [-0.4, -0.2) is 7.11 Å². The highest BCUT2D eigenvalue weighted by Crippen LogP contribution is 2.33. The summed E-state index contributed by atoms with van der Waals surface area (Å²) in [6, 6.07) is 0. The van der Waals surface area contributed by atoms with E-state index in [-0.39, 0.29) is 0 Å². The van der Waals surface area contributed by atoms with Crippen molar-refractivity contribution in [1.29, 1.82) is 0 Å². The molecule has 0 unspecified atom stereocenters. The lowest BCUT2D eigenvalue weighted by atomic mass is 10.3. The average Bonchev–Trinajstić information content (AvgIpc) is 2.30. The highest BCUT2D eigenvalue weighted by atomic mass is 35.5. The predicted octanol–water partition coefficient (Wildman–Crippen LogP) is 2.97. The van der Waals surface area contributed by atoms with Crippen LogP contribution in [-0.2, 0) is 6.42 Å². The van der Waals surface area contributed by atoms with Crippen molar-refractivity contribution in [3.63, 3.8) is 0 Å². The summed E-state index contributed by atoms with van der Waals surface area (Å²) in [5.41, 5.74) is 1.12. The fraction of sp³-hybridized carbons (Fsp3) is 0.429. The third-order valence-corrected chi connectivity index (χ3v) is 2.79. The van der Waals surface area contributed by atoms with Gasteiger partial charge < -0.3 is 4.74 Å². The van der Waals surface area contributed by atoms with E-state index in [1.54, 1.807) is 18.4 Å². The molecule has 0 bridgehead atoms. The van der Waals surface area contributed by atoms with Gasteiger partial charge in [-0.15, -0.1) is 11.3 Å². The second-order valence-electron chi connectivity index (χ2n) is 1.91. The van der Waals surface area contributed by atoms with Crippen molar-refractivity contribution in [2.24, 2.45) is 0 Å². The minimum Gasteiger partial charge on any atom is -0.487 e. The van der Waals surface area contributed by atoms with Crippen molar-refractivity contribution in [2.45, 2.75) is 13.3 Å². The molecular formula is C7H9ClOS. The molecule has 0 aromatic carbocycles. The quantitative estimate of drug-likeness (QED) is 0.673. The Morgan fingerprint density at radius 2 is 2.40 bits per heavy atom. The normalized spacial score (nSPS) is 9.90. The second kappa shape index (κ2) is 3.26. The van der Waals surface area contributed by atoms with E-state index in [0.29, 0.717) is 0 Å². The van der Waals surface area contributed by atoms with Crippen LogP contribution < -0.4 is 4.74 Å². The van der Waals surface area contributed by atoms with E-state index in [9.17, 15) is 0 Å². The molecule has 1 aromatic heterocycles. The molecule has 0 aliphatic rings. The van der Waals surface area contributed by atoms with Crippen LogP contribution in [0, 0.1) is 0 Å². The summed E-state index contributed by atoms with van der Waals surface area (Å²) in [6.07, 6.45) is 0.936. The van der Waals surface area contributed by atoms with Gasteiger partial charge in [-0.2, -0.15) is 0 Å². The van der Waals surface area contributed by atoms with Crippen LogP contribution in [0.1, 0.15) is 12.5 Å². The van der Waals surface area contributed by atoms with Crippen LogP contribution in [0.15, 0.2) is 5.38 Å². The van der Waals surface area contributed by atoms with Gasteiger partial charge in [0.2, 0.25) is 0 Å². The van der Waals surface area contributed by atoms with E-state index in [4.69, 9.17) is 16.3 Å². The molecule has 0 saturated carbocycles. The first-order valence-corrected chi connectivity index (χ1v) is 4.35. The van der Waals surface area contributed by atoms with E-state index >= 15 is 0 Å². The van der Waals surface area contributed by atoms with Gasteiger partial charge in [0.15, 0.2) is 5.06 Å². The molecule has 0 aliphatic carbocycles. The summed E-state index contributed by atoms with van der Waals surface area (Å²) < 4.78 is 5.09. The summed E-state index contributed by atoms with van der Waals surface area (Å²) in [5.74, 6) is 0. The van der Waals surface area contributed by atoms with Gasteiger partial charge in [-0.25, -0.2) is 0 Å². The maximum absolute atomic E-state index is 5.85. The lowest BCUT2D eigenvalue weighted by Gasteiger charge is -1.97. The Balaban J connectivity index is 3.01. The van der Waals surface area contributed by atoms with Crippen molar-refractivity contribution in [3.8, 4) is 5.06 Å². The van der Waals surface area contributed by atoms with Crippen molar-refractivity contribution < 1.29 is 4.74 Å². The minimum absolute atomic E-state index is 0.823. The van der Waals surface area contributed by atoms with E-state index in [1.165, 1.54) is 0 Å². The molecule has 0 atom stereocenters. The van der Waals surface area contributed by atoms with Gasteiger partial charge in [0.05, 0.1) is 12.1 Å². The van der Waals surface area contributed by atoms with Gasteiger partial charge in [0.25, 0.3) is 0 Å². The van der Waals surface area contributed by atoms with Gasteiger partial charge in [-0.05, 0) is 6.42 Å². The summed E-state index contributed by atoms with van der Waals surface area (Å²) in [6.45, 7) is 2.07. The number of rotatable bonds is 2. The number of ether oxygens (including phenoxy) is 1. The first kappa shape index (κ1) is 7.89. The van der Waals surface area contributed by atoms with Gasteiger partial charge in [-0.3, -0.25) is 0 Å². The molecule has 0 amide bonds. The van der Waals surface area contributed by atoms with Crippen LogP contribution in [0.4, 0.5) is 0 Å². The standard InChI is InChI=1S/C7H9ClOS/c1-3-5-6(8)4-10-7(5)9-2/h4H,3H2,1-2H3. The topological polar surface area (TPSA) is 9.23 Å². The van der Waals surface area contributed by atoms with Crippen molar-refractivity contribution in [1.82, 2.24) is 0 Å². The lowest BCUT2D eigenvalue weighted by molar-refractivity contribution is 0.423. The number of hydrogen-bond acceptors (Lipinski definition) is 2. The zero-order valence-corrected chi connectivity index (χ0v) is 7.55. The van der Waals surface area contributed by atoms with Gasteiger partial charge in [0.1, 0.15) is 0 Å². The first-order valence-electron chi connectivity index (χ1n) is 3.09. The Morgan fingerprint density at radius 1 is 1.70 bits per heavy atom. The maximum Gasteiger partial charge on any atom is 0.178 e. The lowest BCUT2D eigenvalue weighted by Crippen LogP contribution is -1.83. The smallest absolute Gasteiger partial charge is 0.178 e. The third-order valence-electron chi connectivity index (χ3n) is 1.34. The Kier molecular flexibility index (Phi) is 2.57. The molecule has 56 valence electrons. The Bertz CT molecular complexity index is 219. The molecule has 0 radical (unpaired) electrons. The first-order chi connectivity index (χ1) is 4.79. The van der Waals surface area contributed by atoms with E-state index in [2.05, 4.69) is 6.92 Å². The molecule has 1 rings (SSSR count). The average molecular weight is 177 g/mol. The van der Waals surface area contributed by atoms with Crippen LogP contribution >= 0.6 is 22.9 Å². The molecule has 1 aromatic rings. The highest BCUT2D eigenvalue weighted by Gasteiger charge is 2.06. The largest absolute Gasteiger partial charge is 0.487 e. The minimum atomic E-state index is 0.823. The van der Waals surface area contributed by atoms with Gasteiger partial charge in [0, 0.05) is 10.9 Å². The monoisotopic (exact) mass is 176 g/mol. The van der Waals surface area contributed by atoms with Crippen molar-refractivity contribution in [3.05, 3.63) is 16.0 Å². The van der Waals surface area contributed by atoms with Crippen LogP contribution in [0.3, 0.4) is 0 Å². The number of hydrogen-bond donors (Lipinski definition) is 0. The molecule has 0 spiro atoms. The zero-order valence-electron chi connectivity index (χ0n) is 5.98. The fourth-order valence-corrected chi connectivity index (χ4v) is 2.08. The number of methoxy groups -OCH3 is 1. The van der Waals surface area contributed by atoms with E-state index in [0.717, 1.165) is 22.1 Å². The van der Waals surface area contributed by atoms with E-state index < -0.39 is 0 Å². The molecular weight excluding hydrogens is 168 g/mol. The molecule has 10 heavy (non-hydrogen) atoms. The summed E-state index contributed by atoms with van der Waals surface area (Å²) >= 11 is 7.40. The summed E-state index contributed by atoms with van der Waals surface area (Å²) in [4.78, 5) is 0. The Morgan fingerprint density at radius 3 is 2.80 bits per heavy atom. The van der Waals surface area contributed by atoms with E-state index in [1.807, 2.05) is 5.38 Å². The van der Waals surface area contributed by atoms with Crippen molar-refractivity contribution >= 4 is 22.9 Å². The summed E-state index contributed by atoms with van der Waals surface area (Å²) in [5, 5.41) is 3.66. The molecule has 0 aliphatic heterocycles. The number of thiophene rings is 1. The zero-order chi connectivity index (χ0) is 7.56. The van der Waals surface area contributed by atoms with Crippen LogP contribution in [0.25, 0.3) is 0 Å². The SMILES string of the molecule is CCc1c(Cl)csc1OC. The van der Waals surface area contributed by atoms with Crippen LogP contribution in [0.5, 0.6) is 5.06 Å². The molecule has 0 saturated heterocycles. The fourth-order valence-electron chi connectivity index (χ4n) is 0.830. The Labute approximate surface area is 69.6 Å².